The highest BCUT2D eigenvalue weighted by Crippen LogP contribution is 2.32. The fraction of sp³-hybridized carbons (Fsp3) is 0.282. The predicted molar refractivity (Wildman–Crippen MR) is 186 cm³/mol. The van der Waals surface area contributed by atoms with Crippen molar-refractivity contribution in [2.75, 3.05) is 39.4 Å². The highest BCUT2D eigenvalue weighted by molar-refractivity contribution is 5.87. The van der Waals surface area contributed by atoms with Crippen LogP contribution in [0.4, 0.5) is 9.18 Å². The summed E-state index contributed by atoms with van der Waals surface area (Å²) in [6.45, 7) is 0.859. The maximum atomic E-state index is 15.0. The number of halogens is 1. The van der Waals surface area contributed by atoms with E-state index in [9.17, 15) is 24.2 Å². The van der Waals surface area contributed by atoms with Crippen molar-refractivity contribution >= 4 is 12.1 Å². The number of nitrogens with zero attached hydrogens (tertiary/aromatic N) is 4. The largest absolute Gasteiger partial charge is 0.509 e. The molecule has 2 N–H and O–H groups in total. The highest BCUT2D eigenvalue weighted by Gasteiger charge is 2.47. The molecule has 0 spiro atoms. The smallest absolute Gasteiger partial charge is 0.429 e. The first-order chi connectivity index (χ1) is 24.9. The topological polar surface area (TPSA) is 138 Å². The van der Waals surface area contributed by atoms with Gasteiger partial charge in [-0.25, -0.2) is 9.18 Å². The summed E-state index contributed by atoms with van der Waals surface area (Å²) in [5.74, 6) is -0.274. The van der Waals surface area contributed by atoms with Crippen LogP contribution in [0.2, 0.25) is 0 Å². The Labute approximate surface area is 294 Å². The lowest BCUT2D eigenvalue weighted by molar-refractivity contribution is -0.161. The van der Waals surface area contributed by atoms with E-state index in [4.69, 9.17) is 14.0 Å². The van der Waals surface area contributed by atoms with E-state index < -0.39 is 17.7 Å². The molecule has 11 nitrogen and oxygen atoms in total. The van der Waals surface area contributed by atoms with Crippen molar-refractivity contribution < 1.29 is 38.2 Å². The van der Waals surface area contributed by atoms with E-state index in [-0.39, 0.29) is 57.5 Å². The van der Waals surface area contributed by atoms with E-state index >= 15 is 0 Å². The standard InChI is InChI=1S/C39H39FN4O7/c40-34-25-32(15-16-33(34)30-9-5-2-6-10-30)36-41-35(42-51-36)31-13-11-28(12-14-31)26-43-19-17-39(18-20-43,37(47)44(21-23-45)22-24-46)50-38(48)49-27-29-7-3-1-4-8-29/h1-16,25,45-46H,17-24,26-27H2. The Bertz CT molecular complexity index is 1890. The molecule has 51 heavy (non-hydrogen) atoms. The molecule has 5 aromatic rings. The van der Waals surface area contributed by atoms with E-state index in [1.165, 1.54) is 11.0 Å². The Morgan fingerprint density at radius 2 is 1.47 bits per heavy atom. The Morgan fingerprint density at radius 3 is 2.12 bits per heavy atom. The molecule has 6 rings (SSSR count). The molecule has 4 aromatic carbocycles. The summed E-state index contributed by atoms with van der Waals surface area (Å²) >= 11 is 0. The molecule has 2 heterocycles. The zero-order valence-corrected chi connectivity index (χ0v) is 28.0. The van der Waals surface area contributed by atoms with Crippen LogP contribution in [0, 0.1) is 5.82 Å². The molecule has 1 amide bonds. The van der Waals surface area contributed by atoms with E-state index in [1.807, 2.05) is 84.9 Å². The molecule has 0 atom stereocenters. The van der Waals surface area contributed by atoms with Crippen molar-refractivity contribution in [3.63, 3.8) is 0 Å². The lowest BCUT2D eigenvalue weighted by Gasteiger charge is -2.42. The number of rotatable bonds is 13. The number of aliphatic hydroxyl groups is 2. The first-order valence-electron chi connectivity index (χ1n) is 16.8. The third kappa shape index (κ3) is 8.66. The van der Waals surface area contributed by atoms with Crippen LogP contribution < -0.4 is 0 Å². The van der Waals surface area contributed by atoms with Gasteiger partial charge in [-0.1, -0.05) is 96.2 Å². The van der Waals surface area contributed by atoms with Gasteiger partial charge in [-0.3, -0.25) is 9.69 Å². The third-order valence-electron chi connectivity index (χ3n) is 8.90. The fourth-order valence-corrected chi connectivity index (χ4v) is 6.16. The summed E-state index contributed by atoms with van der Waals surface area (Å²) in [6, 6.07) is 31.0. The molecule has 12 heteroatoms. The van der Waals surface area contributed by atoms with Crippen LogP contribution in [0.25, 0.3) is 34.0 Å². The Balaban J connectivity index is 1.09. The first kappa shape index (κ1) is 35.4. The number of piperidine rings is 1. The molecule has 0 aliphatic carbocycles. The number of hydrogen-bond acceptors (Lipinski definition) is 10. The monoisotopic (exact) mass is 694 g/mol. The van der Waals surface area contributed by atoms with Crippen LogP contribution in [0.1, 0.15) is 24.0 Å². The van der Waals surface area contributed by atoms with Gasteiger partial charge >= 0.3 is 6.16 Å². The number of carbonyl (C=O) groups excluding carboxylic acids is 2. The van der Waals surface area contributed by atoms with Crippen LogP contribution in [0.5, 0.6) is 0 Å². The molecule has 0 unspecified atom stereocenters. The normalized spacial score (nSPS) is 14.2. The van der Waals surface area contributed by atoms with Gasteiger partial charge in [-0.2, -0.15) is 4.98 Å². The molecule has 1 aromatic heterocycles. The minimum absolute atomic E-state index is 0.00107. The summed E-state index contributed by atoms with van der Waals surface area (Å²) in [6.07, 6.45) is -0.546. The molecule has 0 radical (unpaired) electrons. The molecule has 1 aliphatic heterocycles. The predicted octanol–water partition coefficient (Wildman–Crippen LogP) is 5.71. The van der Waals surface area contributed by atoms with Crippen LogP contribution in [-0.2, 0) is 27.4 Å². The van der Waals surface area contributed by atoms with Gasteiger partial charge in [0.2, 0.25) is 5.82 Å². The maximum absolute atomic E-state index is 15.0. The Hall–Kier alpha value is -5.43. The fourth-order valence-electron chi connectivity index (χ4n) is 6.16. The van der Waals surface area contributed by atoms with Gasteiger partial charge in [-0.15, -0.1) is 0 Å². The molecule has 1 saturated heterocycles. The van der Waals surface area contributed by atoms with E-state index in [2.05, 4.69) is 15.0 Å². The van der Waals surface area contributed by atoms with Crippen molar-refractivity contribution in [3.05, 3.63) is 120 Å². The van der Waals surface area contributed by atoms with Crippen LogP contribution in [0.15, 0.2) is 108 Å². The number of amides is 1. The van der Waals surface area contributed by atoms with Crippen molar-refractivity contribution in [1.29, 1.82) is 0 Å². The minimum atomic E-state index is -1.50. The molecule has 0 bridgehead atoms. The second kappa shape index (κ2) is 16.5. The summed E-state index contributed by atoms with van der Waals surface area (Å²) in [7, 11) is 0. The number of benzene rings is 4. The van der Waals surface area contributed by atoms with E-state index in [0.29, 0.717) is 36.6 Å². The van der Waals surface area contributed by atoms with E-state index in [1.54, 1.807) is 12.1 Å². The van der Waals surface area contributed by atoms with Gasteiger partial charge in [0, 0.05) is 62.3 Å². The van der Waals surface area contributed by atoms with Gasteiger partial charge in [0.25, 0.3) is 11.8 Å². The van der Waals surface area contributed by atoms with Gasteiger partial charge in [0.15, 0.2) is 5.60 Å². The number of likely N-dealkylation sites (tertiary alicyclic amines) is 1. The molecule has 1 aliphatic rings. The average molecular weight is 695 g/mol. The van der Waals surface area contributed by atoms with Crippen molar-refractivity contribution in [1.82, 2.24) is 19.9 Å². The van der Waals surface area contributed by atoms with Crippen molar-refractivity contribution in [2.45, 2.75) is 31.6 Å². The van der Waals surface area contributed by atoms with Gasteiger partial charge in [0.05, 0.1) is 13.2 Å². The van der Waals surface area contributed by atoms with Crippen molar-refractivity contribution in [3.8, 4) is 34.0 Å². The second-order valence-corrected chi connectivity index (χ2v) is 12.3. The zero-order valence-electron chi connectivity index (χ0n) is 28.0. The number of hydrogen-bond donors (Lipinski definition) is 2. The van der Waals surface area contributed by atoms with Crippen molar-refractivity contribution in [2.24, 2.45) is 0 Å². The number of aliphatic hydroxyl groups excluding tert-OH is 2. The highest BCUT2D eigenvalue weighted by atomic mass is 19.1. The number of aromatic nitrogens is 2. The quantitative estimate of drug-likeness (QED) is 0.147. The van der Waals surface area contributed by atoms with Crippen LogP contribution >= 0.6 is 0 Å². The van der Waals surface area contributed by atoms with E-state index in [0.717, 1.165) is 22.3 Å². The second-order valence-electron chi connectivity index (χ2n) is 12.3. The summed E-state index contributed by atoms with van der Waals surface area (Å²) in [5, 5.41) is 23.2. The summed E-state index contributed by atoms with van der Waals surface area (Å²) < 4.78 is 31.6. The Kier molecular flexibility index (Phi) is 11.5. The van der Waals surface area contributed by atoms with Gasteiger partial charge in [0.1, 0.15) is 12.4 Å². The summed E-state index contributed by atoms with van der Waals surface area (Å²) in [4.78, 5) is 34.6. The Morgan fingerprint density at radius 1 is 0.824 bits per heavy atom. The summed E-state index contributed by atoms with van der Waals surface area (Å²) in [5.41, 5.74) is 2.76. The molecule has 264 valence electrons. The molecular formula is C39H39FN4O7. The maximum Gasteiger partial charge on any atom is 0.509 e. The van der Waals surface area contributed by atoms with Crippen LogP contribution in [0.3, 0.4) is 0 Å². The zero-order chi connectivity index (χ0) is 35.6. The first-order valence-corrected chi connectivity index (χ1v) is 16.8. The number of carbonyl (C=O) groups is 2. The third-order valence-corrected chi connectivity index (χ3v) is 8.90. The average Bonchev–Trinajstić information content (AvgIpc) is 3.66. The van der Waals surface area contributed by atoms with Crippen LogP contribution in [-0.4, -0.2) is 87.2 Å². The molecular weight excluding hydrogens is 655 g/mol. The molecule has 1 fully saturated rings. The molecule has 0 saturated carbocycles. The van der Waals surface area contributed by atoms with Gasteiger partial charge < -0.3 is 29.1 Å². The number of ether oxygens (including phenoxy) is 2. The van der Waals surface area contributed by atoms with Gasteiger partial charge in [-0.05, 0) is 28.8 Å². The SMILES string of the molecule is O=C(OCc1ccccc1)OC1(C(=O)N(CCO)CCO)CCN(Cc2ccc(-c3noc(-c4ccc(-c5ccccc5)c(F)c4)n3)cc2)CC1. The lowest BCUT2D eigenvalue weighted by atomic mass is 9.89. The minimum Gasteiger partial charge on any atom is -0.429 e. The lowest BCUT2D eigenvalue weighted by Crippen LogP contribution is -2.58.